The standard InChI is InChI=1S/C53H56FN13O5/c1-55-51(69)40-30-57-47(26-42(40)60-41-6-4-5-39(49(41)72-3)50-58-28-37(54)29-59-50)61-46-15-7-34(27-56-46)32-65-23-21-64(22-24-65)31-33-17-19-66(20-18-33)38-11-8-35(9-12-38)36-10-13-43-45(25-36)63(2)53(71)67(43)44-14-16-48(68)62-52(44)70/h4-13,15,25-30,33,44H,14,16-24,31-32H2,1-3H3,(H,55,69)(H,62,68,70)(H2,56,57,60,61). The number of aromatic nitrogens is 6. The van der Waals surface area contributed by atoms with Crippen molar-refractivity contribution in [2.45, 2.75) is 38.3 Å². The van der Waals surface area contributed by atoms with Gasteiger partial charge >= 0.3 is 5.69 Å². The number of ether oxygens (including phenoxy) is 1. The fourth-order valence-corrected chi connectivity index (χ4v) is 10.1. The number of hydrogen-bond acceptors (Lipinski definition) is 14. The Kier molecular flexibility index (Phi) is 13.7. The third-order valence-electron chi connectivity index (χ3n) is 14.0. The minimum atomic E-state index is -0.711. The number of nitrogens with one attached hydrogen (secondary N) is 4. The van der Waals surface area contributed by atoms with Crippen LogP contribution in [0.1, 0.15) is 47.6 Å². The third-order valence-corrected chi connectivity index (χ3v) is 14.0. The molecule has 0 aliphatic carbocycles. The Morgan fingerprint density at radius 2 is 1.50 bits per heavy atom. The van der Waals surface area contributed by atoms with Gasteiger partial charge in [-0.25, -0.2) is 29.1 Å². The van der Waals surface area contributed by atoms with E-state index in [1.54, 1.807) is 42.9 Å². The topological polar surface area (TPSA) is 197 Å². The lowest BCUT2D eigenvalue weighted by Crippen LogP contribution is -2.48. The number of pyridine rings is 2. The Balaban J connectivity index is 0.692. The number of anilines is 5. The molecule has 0 spiro atoms. The van der Waals surface area contributed by atoms with Crippen molar-refractivity contribution in [3.63, 3.8) is 0 Å². The van der Waals surface area contributed by atoms with Gasteiger partial charge in [-0.2, -0.15) is 0 Å². The molecular weight excluding hydrogens is 918 g/mol. The number of carbonyl (C=O) groups excluding carboxylic acids is 3. The van der Waals surface area contributed by atoms with Crippen LogP contribution in [0.5, 0.6) is 5.75 Å². The van der Waals surface area contributed by atoms with Crippen LogP contribution in [-0.4, -0.2) is 117 Å². The first kappa shape index (κ1) is 47.6. The van der Waals surface area contributed by atoms with Crippen molar-refractivity contribution in [2.75, 3.05) is 75.5 Å². The number of piperazine rings is 1. The highest BCUT2D eigenvalue weighted by molar-refractivity contribution is 6.01. The number of nitrogens with zero attached hydrogens (tertiary/aromatic N) is 9. The van der Waals surface area contributed by atoms with E-state index in [0.29, 0.717) is 57.7 Å². The fraction of sp³-hybridized carbons (Fsp3) is 0.321. The first-order valence-corrected chi connectivity index (χ1v) is 24.2. The zero-order valence-electron chi connectivity index (χ0n) is 40.4. The minimum absolute atomic E-state index is 0.205. The quantitative estimate of drug-likeness (QED) is 0.0892. The van der Waals surface area contributed by atoms with Crippen molar-refractivity contribution in [2.24, 2.45) is 13.0 Å². The number of benzene rings is 3. The summed E-state index contributed by atoms with van der Waals surface area (Å²) < 4.78 is 22.4. The van der Waals surface area contributed by atoms with Crippen molar-refractivity contribution in [3.8, 4) is 28.3 Å². The molecule has 18 nitrogen and oxygen atoms in total. The summed E-state index contributed by atoms with van der Waals surface area (Å²) in [5.41, 5.74) is 7.38. The van der Waals surface area contributed by atoms with E-state index in [0.717, 1.165) is 99.8 Å². The largest absolute Gasteiger partial charge is 0.494 e. The zero-order valence-corrected chi connectivity index (χ0v) is 40.4. The molecule has 0 saturated carbocycles. The monoisotopic (exact) mass is 973 g/mol. The number of rotatable bonds is 14. The maximum atomic E-state index is 13.6. The number of imidazole rings is 1. The molecule has 3 saturated heterocycles. The van der Waals surface area contributed by atoms with Gasteiger partial charge in [-0.3, -0.25) is 33.7 Å². The molecular formula is C53H56FN13O5. The van der Waals surface area contributed by atoms with Crippen LogP contribution in [0.2, 0.25) is 0 Å². The van der Waals surface area contributed by atoms with Crippen LogP contribution < -0.4 is 36.6 Å². The first-order valence-electron chi connectivity index (χ1n) is 24.2. The molecule has 10 rings (SSSR count). The van der Waals surface area contributed by atoms with Gasteiger partial charge in [-0.1, -0.05) is 30.3 Å². The number of amides is 3. The van der Waals surface area contributed by atoms with Crippen LogP contribution in [0.15, 0.2) is 108 Å². The average Bonchev–Trinajstić information content (AvgIpc) is 3.65. The van der Waals surface area contributed by atoms with E-state index < -0.39 is 17.8 Å². The van der Waals surface area contributed by atoms with Crippen LogP contribution >= 0.6 is 0 Å². The second-order valence-electron chi connectivity index (χ2n) is 18.5. The van der Waals surface area contributed by atoms with Crippen molar-refractivity contribution in [3.05, 3.63) is 131 Å². The summed E-state index contributed by atoms with van der Waals surface area (Å²) in [7, 11) is 4.79. The maximum Gasteiger partial charge on any atom is 0.329 e. The van der Waals surface area contributed by atoms with Crippen molar-refractivity contribution in [1.82, 2.24) is 49.5 Å². The van der Waals surface area contributed by atoms with Gasteiger partial charge in [0.1, 0.15) is 17.7 Å². The molecule has 3 aromatic carbocycles. The van der Waals surface area contributed by atoms with E-state index >= 15 is 0 Å². The summed E-state index contributed by atoms with van der Waals surface area (Å²) in [5.74, 6) is 0.827. The van der Waals surface area contributed by atoms with Gasteiger partial charge < -0.3 is 30.5 Å². The number of para-hydroxylation sites is 1. The van der Waals surface area contributed by atoms with E-state index in [-0.39, 0.29) is 29.7 Å². The van der Waals surface area contributed by atoms with E-state index in [1.165, 1.54) is 23.6 Å². The number of fused-ring (bicyclic) bond motifs is 1. The Labute approximate surface area is 415 Å². The van der Waals surface area contributed by atoms with Gasteiger partial charge in [0.2, 0.25) is 11.8 Å². The molecule has 3 amide bonds. The molecule has 0 bridgehead atoms. The summed E-state index contributed by atoms with van der Waals surface area (Å²) >= 11 is 0. The smallest absolute Gasteiger partial charge is 0.329 e. The first-order chi connectivity index (χ1) is 35.0. The zero-order chi connectivity index (χ0) is 49.9. The second kappa shape index (κ2) is 20.7. The van der Waals surface area contributed by atoms with Gasteiger partial charge in [-0.05, 0) is 84.3 Å². The van der Waals surface area contributed by atoms with Gasteiger partial charge in [0.05, 0.1) is 53.0 Å². The number of imide groups is 1. The van der Waals surface area contributed by atoms with Crippen molar-refractivity contribution < 1.29 is 23.5 Å². The van der Waals surface area contributed by atoms with Crippen LogP contribution in [0.25, 0.3) is 33.5 Å². The van der Waals surface area contributed by atoms with E-state index in [4.69, 9.17) is 9.72 Å². The van der Waals surface area contributed by atoms with Gasteiger partial charge in [-0.15, -0.1) is 0 Å². The second-order valence-corrected chi connectivity index (χ2v) is 18.5. The van der Waals surface area contributed by atoms with Gasteiger partial charge in [0.15, 0.2) is 17.4 Å². The number of piperidine rings is 2. The lowest BCUT2D eigenvalue weighted by molar-refractivity contribution is -0.135. The fourth-order valence-electron chi connectivity index (χ4n) is 10.1. The van der Waals surface area contributed by atoms with Crippen LogP contribution in [0.4, 0.5) is 33.1 Å². The molecule has 4 aromatic heterocycles. The van der Waals surface area contributed by atoms with Crippen molar-refractivity contribution >= 4 is 57.5 Å². The maximum absolute atomic E-state index is 13.6. The predicted molar refractivity (Wildman–Crippen MR) is 273 cm³/mol. The highest BCUT2D eigenvalue weighted by Gasteiger charge is 2.32. The van der Waals surface area contributed by atoms with Crippen molar-refractivity contribution in [1.29, 1.82) is 0 Å². The number of aryl methyl sites for hydroxylation is 1. The van der Waals surface area contributed by atoms with Crippen LogP contribution in [-0.2, 0) is 23.2 Å². The molecule has 1 unspecified atom stereocenters. The molecule has 1 atom stereocenters. The van der Waals surface area contributed by atoms with Crippen LogP contribution in [0, 0.1) is 11.7 Å². The normalized spacial score (nSPS) is 16.9. The molecule has 3 fully saturated rings. The number of hydrogen-bond donors (Lipinski definition) is 4. The molecule has 19 heteroatoms. The molecule has 4 N–H and O–H groups in total. The summed E-state index contributed by atoms with van der Waals surface area (Å²) in [6.45, 7) is 7.98. The highest BCUT2D eigenvalue weighted by atomic mass is 19.1. The molecule has 3 aliphatic rings. The lowest BCUT2D eigenvalue weighted by Gasteiger charge is -2.39. The van der Waals surface area contributed by atoms with Gasteiger partial charge in [0, 0.05) is 97.0 Å². The Hall–Kier alpha value is -8.03. The molecule has 72 heavy (non-hydrogen) atoms. The van der Waals surface area contributed by atoms with Gasteiger partial charge in [0.25, 0.3) is 5.91 Å². The number of carbonyl (C=O) groups is 3. The average molecular weight is 974 g/mol. The molecule has 3 aliphatic heterocycles. The third kappa shape index (κ3) is 10.1. The lowest BCUT2D eigenvalue weighted by atomic mass is 9.95. The molecule has 7 heterocycles. The Morgan fingerprint density at radius 3 is 2.21 bits per heavy atom. The minimum Gasteiger partial charge on any atom is -0.494 e. The van der Waals surface area contributed by atoms with E-state index in [9.17, 15) is 23.6 Å². The SMILES string of the molecule is CNC(=O)c1cnc(Nc2ccc(CN3CCN(CC4CCN(c5ccc(-c6ccc7c(c6)n(C)c(=O)n7C6CCC(=O)NC6=O)cc5)CC4)CC3)cn2)cc1Nc1cccc(-c2ncc(F)cn2)c1OC. The summed E-state index contributed by atoms with van der Waals surface area (Å²) in [6.07, 6.45) is 8.37. The highest BCUT2D eigenvalue weighted by Crippen LogP contribution is 2.38. The van der Waals surface area contributed by atoms with E-state index in [2.05, 4.69) is 81.3 Å². The van der Waals surface area contributed by atoms with Crippen LogP contribution in [0.3, 0.4) is 0 Å². The Morgan fingerprint density at radius 1 is 0.764 bits per heavy atom. The summed E-state index contributed by atoms with van der Waals surface area (Å²) in [5, 5.41) is 11.6. The van der Waals surface area contributed by atoms with E-state index in [1.807, 2.05) is 30.5 Å². The molecule has 7 aromatic rings. The Bertz CT molecular complexity index is 3180. The predicted octanol–water partition coefficient (Wildman–Crippen LogP) is 6.26. The molecule has 370 valence electrons. The summed E-state index contributed by atoms with van der Waals surface area (Å²) in [6, 6.07) is 24.9. The number of methoxy groups -OCH3 is 1. The number of halogens is 1. The summed E-state index contributed by atoms with van der Waals surface area (Å²) in [4.78, 5) is 75.6. The molecule has 0 radical (unpaired) electrons.